The Morgan fingerprint density at radius 3 is 2.64 bits per heavy atom. The molecule has 7 heteroatoms. The number of nitrogens with one attached hydrogen (secondary N) is 1. The lowest BCUT2D eigenvalue weighted by Crippen LogP contribution is -2.30. The van der Waals surface area contributed by atoms with Crippen molar-refractivity contribution >= 4 is 17.5 Å². The van der Waals surface area contributed by atoms with E-state index in [1.807, 2.05) is 13.8 Å². The zero-order chi connectivity index (χ0) is 16.1. The van der Waals surface area contributed by atoms with Gasteiger partial charge in [-0.3, -0.25) is 9.48 Å². The van der Waals surface area contributed by atoms with E-state index < -0.39 is 12.0 Å². The van der Waals surface area contributed by atoms with Gasteiger partial charge in [-0.15, -0.1) is 0 Å². The van der Waals surface area contributed by atoms with Gasteiger partial charge in [-0.05, 0) is 38.0 Å². The van der Waals surface area contributed by atoms with Gasteiger partial charge in [0.05, 0.1) is 0 Å². The highest BCUT2D eigenvalue weighted by Crippen LogP contribution is 2.16. The average molecular weight is 323 g/mol. The number of nitrogens with zero attached hydrogens (tertiary/aromatic N) is 3. The molecule has 118 valence electrons. The highest BCUT2D eigenvalue weighted by atomic mass is 35.5. The molecular weight excluding hydrogens is 304 g/mol. The molecule has 1 unspecified atom stereocenters. The van der Waals surface area contributed by atoms with Gasteiger partial charge in [-0.1, -0.05) is 23.7 Å². The quantitative estimate of drug-likeness (QED) is 0.795. The second-order valence-electron chi connectivity index (χ2n) is 5.03. The van der Waals surface area contributed by atoms with Crippen LogP contribution in [-0.4, -0.2) is 32.3 Å². The maximum absolute atomic E-state index is 11.9. The summed E-state index contributed by atoms with van der Waals surface area (Å²) in [5.41, 5.74) is 0.518. The first-order chi connectivity index (χ1) is 10.5. The Labute approximate surface area is 134 Å². The van der Waals surface area contributed by atoms with E-state index in [9.17, 15) is 9.90 Å². The Morgan fingerprint density at radius 2 is 2.05 bits per heavy atom. The molecular formula is C15H19ClN4O2. The van der Waals surface area contributed by atoms with E-state index in [1.165, 1.54) is 0 Å². The van der Waals surface area contributed by atoms with E-state index in [2.05, 4.69) is 15.4 Å². The normalized spacial score (nSPS) is 12.2. The second-order valence-corrected chi connectivity index (χ2v) is 5.46. The molecule has 1 amide bonds. The molecule has 0 spiro atoms. The van der Waals surface area contributed by atoms with Crippen LogP contribution in [0.5, 0.6) is 0 Å². The van der Waals surface area contributed by atoms with Crippen LogP contribution < -0.4 is 5.32 Å². The highest BCUT2D eigenvalue weighted by Gasteiger charge is 2.16. The summed E-state index contributed by atoms with van der Waals surface area (Å²) in [7, 11) is 0. The lowest BCUT2D eigenvalue weighted by Gasteiger charge is -2.12. The monoisotopic (exact) mass is 322 g/mol. The summed E-state index contributed by atoms with van der Waals surface area (Å²) in [6, 6.07) is 6.55. The molecule has 6 nitrogen and oxygen atoms in total. The molecule has 0 fully saturated rings. The van der Waals surface area contributed by atoms with Crippen molar-refractivity contribution < 1.29 is 9.90 Å². The summed E-state index contributed by atoms with van der Waals surface area (Å²) >= 11 is 5.78. The van der Waals surface area contributed by atoms with Crippen molar-refractivity contribution in [2.75, 3.05) is 6.54 Å². The molecule has 0 radical (unpaired) electrons. The molecule has 1 aromatic heterocycles. The Hall–Kier alpha value is -1.92. The Bertz CT molecular complexity index is 639. The predicted octanol–water partition coefficient (Wildman–Crippen LogP) is 1.79. The van der Waals surface area contributed by atoms with Crippen molar-refractivity contribution in [1.29, 1.82) is 0 Å². The van der Waals surface area contributed by atoms with E-state index in [0.717, 1.165) is 11.6 Å². The van der Waals surface area contributed by atoms with E-state index in [1.54, 1.807) is 28.9 Å². The fourth-order valence-electron chi connectivity index (χ4n) is 2.11. The molecule has 2 rings (SSSR count). The molecule has 1 aromatic carbocycles. The van der Waals surface area contributed by atoms with E-state index in [4.69, 9.17) is 11.6 Å². The van der Waals surface area contributed by atoms with Crippen molar-refractivity contribution in [2.24, 2.45) is 0 Å². The topological polar surface area (TPSA) is 80.0 Å². The first kappa shape index (κ1) is 16.5. The number of benzene rings is 1. The van der Waals surface area contributed by atoms with E-state index in [-0.39, 0.29) is 0 Å². The number of halogens is 1. The largest absolute Gasteiger partial charge is 0.378 e. The standard InChI is InChI=1S/C15H19ClN4O2/c1-10-18-11(2)20(19-10)9-3-8-17-15(22)14(21)12-4-6-13(16)7-5-12/h4-7,14,21H,3,8-9H2,1-2H3,(H,17,22). The summed E-state index contributed by atoms with van der Waals surface area (Å²) in [5, 5.41) is 17.5. The number of aliphatic hydroxyl groups excluding tert-OH is 1. The van der Waals surface area contributed by atoms with E-state index >= 15 is 0 Å². The minimum Gasteiger partial charge on any atom is -0.378 e. The molecule has 2 aromatic rings. The average Bonchev–Trinajstić information content (AvgIpc) is 2.81. The summed E-state index contributed by atoms with van der Waals surface area (Å²) in [6.45, 7) is 4.86. The summed E-state index contributed by atoms with van der Waals surface area (Å²) in [5.74, 6) is 1.17. The lowest BCUT2D eigenvalue weighted by atomic mass is 10.1. The summed E-state index contributed by atoms with van der Waals surface area (Å²) < 4.78 is 1.80. The van der Waals surface area contributed by atoms with Crippen LogP contribution in [0.4, 0.5) is 0 Å². The third-order valence-electron chi connectivity index (χ3n) is 3.24. The van der Waals surface area contributed by atoms with Crippen LogP contribution in [0, 0.1) is 13.8 Å². The molecule has 2 N–H and O–H groups in total. The summed E-state index contributed by atoms with van der Waals surface area (Å²) in [4.78, 5) is 16.1. The van der Waals surface area contributed by atoms with Crippen LogP contribution in [0.3, 0.4) is 0 Å². The molecule has 0 saturated heterocycles. The third-order valence-corrected chi connectivity index (χ3v) is 3.49. The fourth-order valence-corrected chi connectivity index (χ4v) is 2.23. The fraction of sp³-hybridized carbons (Fsp3) is 0.400. The van der Waals surface area contributed by atoms with Crippen LogP contribution in [-0.2, 0) is 11.3 Å². The third kappa shape index (κ3) is 4.29. The number of aromatic nitrogens is 3. The SMILES string of the molecule is Cc1nc(C)n(CCCNC(=O)C(O)c2ccc(Cl)cc2)n1. The van der Waals surface area contributed by atoms with Crippen LogP contribution in [0.1, 0.15) is 29.7 Å². The first-order valence-electron chi connectivity index (χ1n) is 7.06. The first-order valence-corrected chi connectivity index (χ1v) is 7.44. The number of aryl methyl sites for hydroxylation is 3. The van der Waals surface area contributed by atoms with Gasteiger partial charge in [0.2, 0.25) is 0 Å². The van der Waals surface area contributed by atoms with Crippen molar-refractivity contribution in [3.63, 3.8) is 0 Å². The molecule has 22 heavy (non-hydrogen) atoms. The molecule has 0 aliphatic carbocycles. The predicted molar refractivity (Wildman–Crippen MR) is 83.5 cm³/mol. The zero-order valence-electron chi connectivity index (χ0n) is 12.6. The van der Waals surface area contributed by atoms with Gasteiger partial charge in [0, 0.05) is 18.1 Å². The Kier molecular flexibility index (Phi) is 5.51. The number of carbonyl (C=O) groups is 1. The zero-order valence-corrected chi connectivity index (χ0v) is 13.3. The van der Waals surface area contributed by atoms with Crippen molar-refractivity contribution in [1.82, 2.24) is 20.1 Å². The van der Waals surface area contributed by atoms with Crippen molar-refractivity contribution in [3.8, 4) is 0 Å². The van der Waals surface area contributed by atoms with Crippen LogP contribution in [0.25, 0.3) is 0 Å². The highest BCUT2D eigenvalue weighted by molar-refractivity contribution is 6.30. The van der Waals surface area contributed by atoms with Crippen molar-refractivity contribution in [3.05, 3.63) is 46.5 Å². The molecule has 0 saturated carbocycles. The lowest BCUT2D eigenvalue weighted by molar-refractivity contribution is -0.129. The van der Waals surface area contributed by atoms with Gasteiger partial charge in [-0.2, -0.15) is 5.10 Å². The minimum atomic E-state index is -1.19. The van der Waals surface area contributed by atoms with E-state index in [0.29, 0.717) is 30.1 Å². The Balaban J connectivity index is 1.77. The van der Waals surface area contributed by atoms with Crippen molar-refractivity contribution in [2.45, 2.75) is 32.9 Å². The maximum Gasteiger partial charge on any atom is 0.253 e. The summed E-state index contributed by atoms with van der Waals surface area (Å²) in [6.07, 6.45) is -0.476. The van der Waals surface area contributed by atoms with Crippen LogP contribution in [0.15, 0.2) is 24.3 Å². The number of amides is 1. The molecule has 1 atom stereocenters. The molecule has 0 bridgehead atoms. The minimum absolute atomic E-state index is 0.422. The number of hydrogen-bond donors (Lipinski definition) is 2. The number of hydrogen-bond acceptors (Lipinski definition) is 4. The number of rotatable bonds is 6. The van der Waals surface area contributed by atoms with Gasteiger partial charge >= 0.3 is 0 Å². The van der Waals surface area contributed by atoms with Gasteiger partial charge < -0.3 is 10.4 Å². The number of carbonyl (C=O) groups excluding carboxylic acids is 1. The molecule has 0 aliphatic rings. The second kappa shape index (κ2) is 7.38. The van der Waals surface area contributed by atoms with Gasteiger partial charge in [0.15, 0.2) is 6.10 Å². The smallest absolute Gasteiger partial charge is 0.253 e. The van der Waals surface area contributed by atoms with Gasteiger partial charge in [0.25, 0.3) is 5.91 Å². The van der Waals surface area contributed by atoms with Crippen LogP contribution >= 0.6 is 11.6 Å². The maximum atomic E-state index is 11.9. The van der Waals surface area contributed by atoms with Crippen LogP contribution in [0.2, 0.25) is 5.02 Å². The molecule has 0 aliphatic heterocycles. The van der Waals surface area contributed by atoms with Gasteiger partial charge in [-0.25, -0.2) is 4.98 Å². The van der Waals surface area contributed by atoms with Gasteiger partial charge in [0.1, 0.15) is 11.6 Å². The molecule has 1 heterocycles. The Morgan fingerprint density at radius 1 is 1.36 bits per heavy atom. The number of aliphatic hydroxyl groups is 1.